The standard InChI is InChI=1S/C28H24ClNO3/c1-19-27-22(17-30(18-32-27)15-14-21-10-12-23(29)13-11-21)16-24-26(31)25(33-28(19)24)9-5-8-20-6-3-2-4-7-20/h2-13,16H,14-15,17-18H2,1H3/b8-5+,25-9-. The van der Waals surface area contributed by atoms with Crippen LogP contribution in [0.3, 0.4) is 0 Å². The molecular formula is C28H24ClNO3. The number of ether oxygens (including phenoxy) is 2. The Balaban J connectivity index is 1.31. The lowest BCUT2D eigenvalue weighted by Crippen LogP contribution is -2.34. The third-order valence-electron chi connectivity index (χ3n) is 5.97. The largest absolute Gasteiger partial charge is 0.477 e. The Morgan fingerprint density at radius 2 is 1.85 bits per heavy atom. The van der Waals surface area contributed by atoms with Gasteiger partial charge in [0.25, 0.3) is 0 Å². The average Bonchev–Trinajstić information content (AvgIpc) is 3.15. The quantitative estimate of drug-likeness (QED) is 0.426. The fourth-order valence-corrected chi connectivity index (χ4v) is 4.33. The number of hydrogen-bond acceptors (Lipinski definition) is 4. The number of benzene rings is 3. The fraction of sp³-hybridized carbons (Fsp3) is 0.179. The van der Waals surface area contributed by atoms with E-state index in [9.17, 15) is 4.79 Å². The molecule has 0 spiro atoms. The fourth-order valence-electron chi connectivity index (χ4n) is 4.20. The van der Waals surface area contributed by atoms with Gasteiger partial charge in [-0.15, -0.1) is 0 Å². The maximum absolute atomic E-state index is 13.0. The van der Waals surface area contributed by atoms with Gasteiger partial charge < -0.3 is 9.47 Å². The molecule has 4 nitrogen and oxygen atoms in total. The SMILES string of the molecule is Cc1c2c(cc3c1O/C(=C\C=C\c1ccccc1)C3=O)CN(CCc1ccc(Cl)cc1)CO2. The van der Waals surface area contributed by atoms with Crippen LogP contribution in [-0.2, 0) is 13.0 Å². The van der Waals surface area contributed by atoms with Crippen LogP contribution in [0.5, 0.6) is 11.5 Å². The van der Waals surface area contributed by atoms with E-state index in [2.05, 4.69) is 4.90 Å². The first-order chi connectivity index (χ1) is 16.1. The third-order valence-corrected chi connectivity index (χ3v) is 6.22. The molecule has 0 aliphatic carbocycles. The van der Waals surface area contributed by atoms with Crippen molar-refractivity contribution in [1.29, 1.82) is 0 Å². The van der Waals surface area contributed by atoms with Gasteiger partial charge in [-0.3, -0.25) is 9.69 Å². The van der Waals surface area contributed by atoms with Crippen molar-refractivity contribution in [1.82, 2.24) is 4.90 Å². The Morgan fingerprint density at radius 1 is 1.06 bits per heavy atom. The number of allylic oxidation sites excluding steroid dienone is 3. The molecule has 3 aromatic carbocycles. The van der Waals surface area contributed by atoms with Gasteiger partial charge in [0.1, 0.15) is 18.2 Å². The highest BCUT2D eigenvalue weighted by Gasteiger charge is 2.33. The summed E-state index contributed by atoms with van der Waals surface area (Å²) in [5.74, 6) is 1.67. The van der Waals surface area contributed by atoms with Crippen LogP contribution in [0.2, 0.25) is 5.02 Å². The van der Waals surface area contributed by atoms with Crippen molar-refractivity contribution >= 4 is 23.5 Å². The summed E-state index contributed by atoms with van der Waals surface area (Å²) in [6, 6.07) is 19.8. The monoisotopic (exact) mass is 457 g/mol. The molecule has 5 heteroatoms. The molecule has 166 valence electrons. The number of fused-ring (bicyclic) bond motifs is 2. The van der Waals surface area contributed by atoms with Gasteiger partial charge in [-0.2, -0.15) is 0 Å². The van der Waals surface area contributed by atoms with Crippen LogP contribution in [0.15, 0.2) is 78.6 Å². The van der Waals surface area contributed by atoms with Gasteiger partial charge in [-0.25, -0.2) is 0 Å². The predicted octanol–water partition coefficient (Wildman–Crippen LogP) is 6.22. The molecule has 0 amide bonds. The predicted molar refractivity (Wildman–Crippen MR) is 131 cm³/mol. The first-order valence-electron chi connectivity index (χ1n) is 11.0. The van der Waals surface area contributed by atoms with Gasteiger partial charge in [0, 0.05) is 29.2 Å². The lowest BCUT2D eigenvalue weighted by molar-refractivity contribution is 0.0954. The van der Waals surface area contributed by atoms with Crippen molar-refractivity contribution < 1.29 is 14.3 Å². The number of Topliss-reactive ketones (excluding diaryl/α,β-unsaturated/α-hetero) is 1. The van der Waals surface area contributed by atoms with Crippen molar-refractivity contribution in [3.05, 3.63) is 111 Å². The second kappa shape index (κ2) is 9.26. The molecule has 0 saturated heterocycles. The Morgan fingerprint density at radius 3 is 2.64 bits per heavy atom. The number of hydrogen-bond donors (Lipinski definition) is 0. The van der Waals surface area contributed by atoms with Crippen LogP contribution in [0.4, 0.5) is 0 Å². The van der Waals surface area contributed by atoms with E-state index in [0.717, 1.165) is 47.0 Å². The van der Waals surface area contributed by atoms with E-state index in [0.29, 0.717) is 23.8 Å². The van der Waals surface area contributed by atoms with E-state index in [1.165, 1.54) is 5.56 Å². The summed E-state index contributed by atoms with van der Waals surface area (Å²) in [7, 11) is 0. The zero-order valence-electron chi connectivity index (χ0n) is 18.4. The van der Waals surface area contributed by atoms with E-state index < -0.39 is 0 Å². The summed E-state index contributed by atoms with van der Waals surface area (Å²) in [5, 5.41) is 0.745. The van der Waals surface area contributed by atoms with Gasteiger partial charge in [0.05, 0.1) is 5.56 Å². The minimum absolute atomic E-state index is 0.0908. The summed E-state index contributed by atoms with van der Waals surface area (Å²) in [4.78, 5) is 15.2. The van der Waals surface area contributed by atoms with E-state index in [1.807, 2.05) is 79.7 Å². The average molecular weight is 458 g/mol. The second-order valence-corrected chi connectivity index (χ2v) is 8.74. The molecule has 0 radical (unpaired) electrons. The Kier molecular flexibility index (Phi) is 6.03. The summed E-state index contributed by atoms with van der Waals surface area (Å²) in [6.07, 6.45) is 6.43. The van der Waals surface area contributed by atoms with Crippen molar-refractivity contribution in [2.45, 2.75) is 19.9 Å². The molecule has 5 rings (SSSR count). The van der Waals surface area contributed by atoms with Crippen LogP contribution < -0.4 is 9.47 Å². The second-order valence-electron chi connectivity index (χ2n) is 8.30. The van der Waals surface area contributed by atoms with E-state index in [4.69, 9.17) is 21.1 Å². The zero-order valence-corrected chi connectivity index (χ0v) is 19.1. The maximum atomic E-state index is 13.0. The van der Waals surface area contributed by atoms with E-state index in [-0.39, 0.29) is 5.78 Å². The smallest absolute Gasteiger partial charge is 0.231 e. The molecule has 0 saturated carbocycles. The summed E-state index contributed by atoms with van der Waals surface area (Å²) >= 11 is 5.98. The molecule has 0 atom stereocenters. The van der Waals surface area contributed by atoms with Gasteiger partial charge in [0.2, 0.25) is 5.78 Å². The minimum Gasteiger partial charge on any atom is -0.477 e. The number of carbonyl (C=O) groups excluding carboxylic acids is 1. The molecule has 0 unspecified atom stereocenters. The Bertz CT molecular complexity index is 1250. The molecule has 0 fully saturated rings. The molecule has 2 aliphatic heterocycles. The Hall–Kier alpha value is -3.34. The molecule has 3 aromatic rings. The first-order valence-corrected chi connectivity index (χ1v) is 11.4. The van der Waals surface area contributed by atoms with Crippen molar-refractivity contribution in [2.75, 3.05) is 13.3 Å². The van der Waals surface area contributed by atoms with Gasteiger partial charge in [-0.05, 0) is 48.7 Å². The normalized spacial score (nSPS) is 16.5. The number of carbonyl (C=O) groups is 1. The van der Waals surface area contributed by atoms with Crippen LogP contribution in [0, 0.1) is 6.92 Å². The maximum Gasteiger partial charge on any atom is 0.231 e. The first kappa shape index (κ1) is 21.5. The topological polar surface area (TPSA) is 38.8 Å². The number of ketones is 1. The highest BCUT2D eigenvalue weighted by molar-refractivity contribution is 6.30. The number of nitrogens with zero attached hydrogens (tertiary/aromatic N) is 1. The molecule has 33 heavy (non-hydrogen) atoms. The highest BCUT2D eigenvalue weighted by Crippen LogP contribution is 2.42. The molecule has 0 N–H and O–H groups in total. The molecule has 0 aromatic heterocycles. The lowest BCUT2D eigenvalue weighted by Gasteiger charge is -2.30. The van der Waals surface area contributed by atoms with Crippen LogP contribution in [0.25, 0.3) is 6.08 Å². The Labute approximate surface area is 198 Å². The van der Waals surface area contributed by atoms with Gasteiger partial charge >= 0.3 is 0 Å². The van der Waals surface area contributed by atoms with Crippen LogP contribution in [0.1, 0.15) is 32.6 Å². The van der Waals surface area contributed by atoms with Crippen LogP contribution in [-0.4, -0.2) is 24.0 Å². The zero-order chi connectivity index (χ0) is 22.8. The molecular weight excluding hydrogens is 434 g/mol. The minimum atomic E-state index is -0.0908. The number of rotatable bonds is 5. The van der Waals surface area contributed by atoms with Crippen molar-refractivity contribution in [2.24, 2.45) is 0 Å². The molecule has 2 heterocycles. The van der Waals surface area contributed by atoms with Gasteiger partial charge in [-0.1, -0.05) is 66.2 Å². The summed E-state index contributed by atoms with van der Waals surface area (Å²) in [6.45, 7) is 4.06. The molecule has 0 bridgehead atoms. The van der Waals surface area contributed by atoms with Crippen molar-refractivity contribution in [3.63, 3.8) is 0 Å². The number of halogens is 1. The van der Waals surface area contributed by atoms with Gasteiger partial charge in [0.15, 0.2) is 5.76 Å². The highest BCUT2D eigenvalue weighted by atomic mass is 35.5. The molecule has 2 aliphatic rings. The van der Waals surface area contributed by atoms with E-state index >= 15 is 0 Å². The third kappa shape index (κ3) is 4.58. The summed E-state index contributed by atoms with van der Waals surface area (Å²) in [5.41, 5.74) is 4.80. The van der Waals surface area contributed by atoms with E-state index in [1.54, 1.807) is 6.08 Å². The lowest BCUT2D eigenvalue weighted by atomic mass is 10.00. The summed E-state index contributed by atoms with van der Waals surface area (Å²) < 4.78 is 12.0. The van der Waals surface area contributed by atoms with Crippen molar-refractivity contribution in [3.8, 4) is 11.5 Å². The van der Waals surface area contributed by atoms with Crippen LogP contribution >= 0.6 is 11.6 Å².